The van der Waals surface area contributed by atoms with Crippen LogP contribution < -0.4 is 0 Å². The highest BCUT2D eigenvalue weighted by Crippen LogP contribution is 2.72. The fourth-order valence-corrected chi connectivity index (χ4v) is 6.11. The Kier molecular flexibility index (Phi) is 3.14. The molecule has 3 saturated carbocycles. The van der Waals surface area contributed by atoms with E-state index in [9.17, 15) is 9.36 Å². The van der Waals surface area contributed by atoms with Crippen LogP contribution in [0.1, 0.15) is 39.0 Å². The lowest BCUT2D eigenvalue weighted by molar-refractivity contribution is -0.187. The van der Waals surface area contributed by atoms with E-state index in [4.69, 9.17) is 9.63 Å². The van der Waals surface area contributed by atoms with E-state index >= 15 is 0 Å². The van der Waals surface area contributed by atoms with Gasteiger partial charge in [0, 0.05) is 36.9 Å². The van der Waals surface area contributed by atoms with Crippen LogP contribution in [0.25, 0.3) is 0 Å². The van der Waals surface area contributed by atoms with Crippen molar-refractivity contribution in [3.05, 3.63) is 0 Å². The molecule has 5 fully saturated rings. The lowest BCUT2D eigenvalue weighted by Crippen LogP contribution is -2.75. The SMILES string of the molecule is CCN1CCC2(CC1)CN(C13CC(C[P+](=O)O)(C1)C3)C(=O)O2. The van der Waals surface area contributed by atoms with Crippen molar-refractivity contribution < 1.29 is 19.0 Å². The maximum Gasteiger partial charge on any atom is 0.506 e. The van der Waals surface area contributed by atoms with Crippen LogP contribution in [0, 0.1) is 5.41 Å². The van der Waals surface area contributed by atoms with Crippen molar-refractivity contribution >= 4 is 14.1 Å². The number of hydrogen-bond donors (Lipinski definition) is 1. The van der Waals surface area contributed by atoms with Gasteiger partial charge >= 0.3 is 14.1 Å². The number of rotatable bonds is 4. The Morgan fingerprint density at radius 2 is 1.91 bits per heavy atom. The summed E-state index contributed by atoms with van der Waals surface area (Å²) in [6, 6.07) is 0. The van der Waals surface area contributed by atoms with Crippen LogP contribution in [0.2, 0.25) is 0 Å². The maximum absolute atomic E-state index is 12.4. The molecule has 3 aliphatic carbocycles. The van der Waals surface area contributed by atoms with Gasteiger partial charge in [-0.25, -0.2) is 4.79 Å². The van der Waals surface area contributed by atoms with Crippen molar-refractivity contribution in [2.45, 2.75) is 50.2 Å². The first-order chi connectivity index (χ1) is 10.4. The third kappa shape index (κ3) is 2.04. The van der Waals surface area contributed by atoms with E-state index in [0.717, 1.165) is 51.7 Å². The van der Waals surface area contributed by atoms with Gasteiger partial charge in [-0.15, -0.1) is 0 Å². The Balaban J connectivity index is 1.40. The van der Waals surface area contributed by atoms with Gasteiger partial charge in [0.2, 0.25) is 0 Å². The summed E-state index contributed by atoms with van der Waals surface area (Å²) in [7, 11) is -2.07. The second kappa shape index (κ2) is 4.65. The zero-order valence-electron chi connectivity index (χ0n) is 13.1. The molecule has 0 aromatic heterocycles. The summed E-state index contributed by atoms with van der Waals surface area (Å²) in [5, 5.41) is 0. The number of carbonyl (C=O) groups is 1. The molecule has 1 N–H and O–H groups in total. The minimum Gasteiger partial charge on any atom is -0.441 e. The minimum atomic E-state index is -2.07. The fourth-order valence-electron chi connectivity index (χ4n) is 5.20. The topological polar surface area (TPSA) is 70.1 Å². The summed E-state index contributed by atoms with van der Waals surface area (Å²) >= 11 is 0. The number of ether oxygens (including phenoxy) is 1. The van der Waals surface area contributed by atoms with E-state index in [2.05, 4.69) is 11.8 Å². The van der Waals surface area contributed by atoms with E-state index in [1.54, 1.807) is 0 Å². The zero-order valence-corrected chi connectivity index (χ0v) is 14.0. The predicted octanol–water partition coefficient (Wildman–Crippen LogP) is 1.95. The Hall–Kier alpha value is -0.710. The average molecular weight is 327 g/mol. The summed E-state index contributed by atoms with van der Waals surface area (Å²) in [4.78, 5) is 25.8. The molecule has 1 unspecified atom stereocenters. The second-order valence-corrected chi connectivity index (χ2v) is 8.86. The molecule has 122 valence electrons. The lowest BCUT2D eigenvalue weighted by atomic mass is 9.39. The summed E-state index contributed by atoms with van der Waals surface area (Å²) < 4.78 is 16.9. The first-order valence-corrected chi connectivity index (χ1v) is 9.66. The van der Waals surface area contributed by atoms with E-state index in [1.807, 2.05) is 4.90 Å². The van der Waals surface area contributed by atoms with Crippen LogP contribution in [0.3, 0.4) is 0 Å². The summed E-state index contributed by atoms with van der Waals surface area (Å²) in [6.45, 7) is 5.93. The summed E-state index contributed by atoms with van der Waals surface area (Å²) in [5.74, 6) is 0. The van der Waals surface area contributed by atoms with Gasteiger partial charge in [-0.1, -0.05) is 6.92 Å². The lowest BCUT2D eigenvalue weighted by Gasteiger charge is -2.71. The molecule has 22 heavy (non-hydrogen) atoms. The molecule has 5 aliphatic rings. The standard InChI is InChI=1S/C15H23N2O4P/c1-2-16-5-3-15(4-6-16)10-17(12(18)21-15)14-7-13(8-14,9-14)11-22(19)20/h2-11H2,1H3/p+1. The summed E-state index contributed by atoms with van der Waals surface area (Å²) in [5.41, 5.74) is -0.314. The predicted molar refractivity (Wildman–Crippen MR) is 81.0 cm³/mol. The van der Waals surface area contributed by atoms with Gasteiger partial charge in [-0.2, -0.15) is 4.89 Å². The van der Waals surface area contributed by atoms with Crippen LogP contribution in [0.5, 0.6) is 0 Å². The quantitative estimate of drug-likeness (QED) is 0.799. The molecule has 5 rings (SSSR count). The Bertz CT molecular complexity index is 510. The second-order valence-electron chi connectivity index (χ2n) is 7.84. The number of hydrogen-bond acceptors (Lipinski definition) is 4. The van der Waals surface area contributed by atoms with Crippen molar-refractivity contribution in [1.82, 2.24) is 9.80 Å². The van der Waals surface area contributed by atoms with Crippen LogP contribution >= 0.6 is 8.03 Å². The molecule has 2 aliphatic heterocycles. The molecule has 0 aromatic carbocycles. The molecule has 1 spiro atoms. The molecule has 2 heterocycles. The monoisotopic (exact) mass is 327 g/mol. The number of piperidine rings is 1. The number of carbonyl (C=O) groups excluding carboxylic acids is 1. The first kappa shape index (κ1) is 14.9. The van der Waals surface area contributed by atoms with Crippen LogP contribution in [-0.2, 0) is 9.30 Å². The zero-order chi connectivity index (χ0) is 15.6. The van der Waals surface area contributed by atoms with E-state index in [0.29, 0.717) is 12.7 Å². The highest BCUT2D eigenvalue weighted by atomic mass is 31.1. The van der Waals surface area contributed by atoms with E-state index in [1.165, 1.54) is 0 Å². The van der Waals surface area contributed by atoms with Crippen molar-refractivity contribution in [1.29, 1.82) is 0 Å². The van der Waals surface area contributed by atoms with Crippen molar-refractivity contribution in [3.63, 3.8) is 0 Å². The van der Waals surface area contributed by atoms with Gasteiger partial charge in [-0.05, 0) is 30.4 Å². The maximum atomic E-state index is 12.4. The Morgan fingerprint density at radius 3 is 2.45 bits per heavy atom. The molecule has 6 nitrogen and oxygen atoms in total. The molecule has 1 amide bonds. The smallest absolute Gasteiger partial charge is 0.441 e. The highest BCUT2D eigenvalue weighted by molar-refractivity contribution is 7.38. The Morgan fingerprint density at radius 1 is 1.27 bits per heavy atom. The van der Waals surface area contributed by atoms with E-state index < -0.39 is 8.03 Å². The minimum absolute atomic E-state index is 0.0316. The number of nitrogens with zero attached hydrogens (tertiary/aromatic N) is 2. The van der Waals surface area contributed by atoms with Gasteiger partial charge < -0.3 is 9.64 Å². The van der Waals surface area contributed by atoms with Gasteiger partial charge in [0.25, 0.3) is 0 Å². The molecular formula is C15H24N2O4P+. The molecule has 0 aromatic rings. The molecule has 2 saturated heterocycles. The third-order valence-corrected chi connectivity index (χ3v) is 7.28. The Labute approximate surface area is 131 Å². The van der Waals surface area contributed by atoms with Crippen molar-refractivity contribution in [2.24, 2.45) is 5.41 Å². The van der Waals surface area contributed by atoms with E-state index in [-0.39, 0.29) is 22.6 Å². The van der Waals surface area contributed by atoms with Gasteiger partial charge in [-0.3, -0.25) is 4.90 Å². The van der Waals surface area contributed by atoms with Crippen LogP contribution in [-0.4, -0.2) is 64.3 Å². The van der Waals surface area contributed by atoms with Gasteiger partial charge in [0.15, 0.2) is 6.16 Å². The van der Waals surface area contributed by atoms with Crippen molar-refractivity contribution in [2.75, 3.05) is 32.3 Å². The molecule has 7 heteroatoms. The van der Waals surface area contributed by atoms with Gasteiger partial charge in [0.05, 0.1) is 6.54 Å². The highest BCUT2D eigenvalue weighted by Gasteiger charge is 2.75. The molecule has 1 atom stereocenters. The first-order valence-electron chi connectivity index (χ1n) is 8.27. The normalized spacial score (nSPS) is 40.2. The molecule has 2 bridgehead atoms. The van der Waals surface area contributed by atoms with Crippen molar-refractivity contribution in [3.8, 4) is 0 Å². The largest absolute Gasteiger partial charge is 0.506 e. The average Bonchev–Trinajstić information content (AvgIpc) is 2.70. The molecular weight excluding hydrogens is 303 g/mol. The van der Waals surface area contributed by atoms with Crippen LogP contribution in [0.15, 0.2) is 0 Å². The number of amides is 1. The van der Waals surface area contributed by atoms with Crippen LogP contribution in [0.4, 0.5) is 4.79 Å². The third-order valence-electron chi connectivity index (χ3n) is 6.34. The summed E-state index contributed by atoms with van der Waals surface area (Å²) in [6.07, 6.45) is 4.73. The molecule has 0 radical (unpaired) electrons. The number of likely N-dealkylation sites (tertiary alicyclic amines) is 1. The van der Waals surface area contributed by atoms with Gasteiger partial charge in [0.1, 0.15) is 5.60 Å². The fraction of sp³-hybridized carbons (Fsp3) is 0.933.